The van der Waals surface area contributed by atoms with Gasteiger partial charge in [-0.1, -0.05) is 30.3 Å². The van der Waals surface area contributed by atoms with Crippen LogP contribution in [0.15, 0.2) is 52.8 Å². The Labute approximate surface area is 142 Å². The fourth-order valence-corrected chi connectivity index (χ4v) is 3.74. The van der Waals surface area contributed by atoms with E-state index in [1.807, 2.05) is 23.6 Å². The van der Waals surface area contributed by atoms with Crippen LogP contribution in [0.2, 0.25) is 0 Å². The Morgan fingerprint density at radius 3 is 2.96 bits per heavy atom. The van der Waals surface area contributed by atoms with Crippen molar-refractivity contribution >= 4 is 22.2 Å². The molecule has 1 fully saturated rings. The van der Waals surface area contributed by atoms with Crippen molar-refractivity contribution in [3.8, 4) is 0 Å². The molecule has 0 radical (unpaired) electrons. The number of hydrogen-bond acceptors (Lipinski definition) is 5. The average Bonchev–Trinajstić information content (AvgIpc) is 3.09. The summed E-state index contributed by atoms with van der Waals surface area (Å²) in [6.07, 6.45) is 1.77. The van der Waals surface area contributed by atoms with Gasteiger partial charge < -0.3 is 10.2 Å². The molecule has 3 aromatic rings. The fraction of sp³-hybridized carbons (Fsp3) is 0.235. The van der Waals surface area contributed by atoms with E-state index in [1.165, 1.54) is 17.4 Å². The molecule has 0 aliphatic carbocycles. The van der Waals surface area contributed by atoms with Crippen molar-refractivity contribution in [1.29, 1.82) is 0 Å². The number of nitrogens with zero attached hydrogens (tertiary/aromatic N) is 3. The van der Waals surface area contributed by atoms with E-state index in [0.29, 0.717) is 23.7 Å². The monoisotopic (exact) mass is 340 g/mol. The summed E-state index contributed by atoms with van der Waals surface area (Å²) in [5.74, 6) is -0.134. The SMILES string of the molecule is O=C(c1cc(=O)nc2sccn12)N1CCN[C@@H](c2ccccc2)C1. The molecule has 0 unspecified atom stereocenters. The van der Waals surface area contributed by atoms with Gasteiger partial charge in [0.05, 0.1) is 0 Å². The van der Waals surface area contributed by atoms with Crippen LogP contribution in [-0.2, 0) is 0 Å². The lowest BCUT2D eigenvalue weighted by atomic mass is 10.0. The zero-order chi connectivity index (χ0) is 16.5. The number of fused-ring (bicyclic) bond motifs is 1. The van der Waals surface area contributed by atoms with Crippen LogP contribution in [0.4, 0.5) is 0 Å². The number of benzene rings is 1. The Hall–Kier alpha value is -2.51. The molecule has 7 heteroatoms. The average molecular weight is 340 g/mol. The summed E-state index contributed by atoms with van der Waals surface area (Å²) in [4.78, 5) is 31.0. The van der Waals surface area contributed by atoms with E-state index < -0.39 is 0 Å². The summed E-state index contributed by atoms with van der Waals surface area (Å²) in [6.45, 7) is 1.91. The first-order valence-corrected chi connectivity index (χ1v) is 8.65. The zero-order valence-electron chi connectivity index (χ0n) is 12.9. The van der Waals surface area contributed by atoms with E-state index in [-0.39, 0.29) is 17.5 Å². The van der Waals surface area contributed by atoms with Crippen LogP contribution in [0.3, 0.4) is 0 Å². The van der Waals surface area contributed by atoms with Gasteiger partial charge in [0.15, 0.2) is 4.96 Å². The summed E-state index contributed by atoms with van der Waals surface area (Å²) in [5.41, 5.74) is 1.15. The van der Waals surface area contributed by atoms with Gasteiger partial charge in [0.1, 0.15) is 5.69 Å². The van der Waals surface area contributed by atoms with E-state index >= 15 is 0 Å². The maximum atomic E-state index is 13.0. The number of rotatable bonds is 2. The van der Waals surface area contributed by atoms with Crippen LogP contribution in [0.5, 0.6) is 0 Å². The van der Waals surface area contributed by atoms with Crippen molar-refractivity contribution in [2.75, 3.05) is 19.6 Å². The molecule has 6 nitrogen and oxygen atoms in total. The molecule has 4 rings (SSSR count). The van der Waals surface area contributed by atoms with Crippen LogP contribution < -0.4 is 10.9 Å². The fourth-order valence-electron chi connectivity index (χ4n) is 3.02. The lowest BCUT2D eigenvalue weighted by Gasteiger charge is -2.34. The molecule has 0 saturated carbocycles. The Kier molecular flexibility index (Phi) is 3.87. The zero-order valence-corrected chi connectivity index (χ0v) is 13.7. The van der Waals surface area contributed by atoms with Crippen LogP contribution in [0, 0.1) is 0 Å². The highest BCUT2D eigenvalue weighted by Crippen LogP contribution is 2.19. The summed E-state index contributed by atoms with van der Waals surface area (Å²) >= 11 is 1.35. The lowest BCUT2D eigenvalue weighted by Crippen LogP contribution is -2.48. The van der Waals surface area contributed by atoms with E-state index in [9.17, 15) is 9.59 Å². The van der Waals surface area contributed by atoms with Crippen LogP contribution in [0.1, 0.15) is 22.1 Å². The lowest BCUT2D eigenvalue weighted by molar-refractivity contribution is 0.0695. The van der Waals surface area contributed by atoms with Gasteiger partial charge in [-0.2, -0.15) is 4.98 Å². The summed E-state index contributed by atoms with van der Waals surface area (Å²) in [6, 6.07) is 11.5. The molecule has 1 N–H and O–H groups in total. The molecule has 0 bridgehead atoms. The highest BCUT2D eigenvalue weighted by Gasteiger charge is 2.26. The normalized spacial score (nSPS) is 18.0. The second-order valence-corrected chi connectivity index (χ2v) is 6.58. The first kappa shape index (κ1) is 15.0. The number of carbonyl (C=O) groups is 1. The summed E-state index contributed by atoms with van der Waals surface area (Å²) in [5, 5.41) is 5.27. The smallest absolute Gasteiger partial charge is 0.274 e. The quantitative estimate of drug-likeness (QED) is 0.768. The molecule has 1 atom stereocenters. The van der Waals surface area contributed by atoms with Crippen LogP contribution in [-0.4, -0.2) is 39.8 Å². The molecule has 1 amide bonds. The predicted molar refractivity (Wildman–Crippen MR) is 92.4 cm³/mol. The van der Waals surface area contributed by atoms with Gasteiger partial charge in [0.25, 0.3) is 11.5 Å². The van der Waals surface area contributed by atoms with E-state index in [4.69, 9.17) is 0 Å². The highest BCUT2D eigenvalue weighted by molar-refractivity contribution is 7.15. The molecule has 1 saturated heterocycles. The maximum absolute atomic E-state index is 13.0. The first-order chi connectivity index (χ1) is 11.7. The molecule has 24 heavy (non-hydrogen) atoms. The van der Waals surface area contributed by atoms with Crippen LogP contribution in [0.25, 0.3) is 4.96 Å². The predicted octanol–water partition coefficient (Wildman–Crippen LogP) is 1.54. The molecule has 122 valence electrons. The van der Waals surface area contributed by atoms with Gasteiger partial charge in [-0.05, 0) is 5.56 Å². The molecule has 1 aromatic carbocycles. The number of aromatic nitrogens is 2. The molecular weight excluding hydrogens is 324 g/mol. The van der Waals surface area contributed by atoms with Gasteiger partial charge in [0.2, 0.25) is 0 Å². The number of piperazine rings is 1. The molecule has 0 spiro atoms. The number of nitrogens with one attached hydrogen (secondary N) is 1. The molecule has 1 aliphatic heterocycles. The first-order valence-electron chi connectivity index (χ1n) is 7.77. The Balaban J connectivity index is 1.64. The number of amides is 1. The topological polar surface area (TPSA) is 66.7 Å². The third-order valence-corrected chi connectivity index (χ3v) is 4.96. The van der Waals surface area contributed by atoms with Crippen molar-refractivity contribution in [1.82, 2.24) is 19.6 Å². The van der Waals surface area contributed by atoms with Crippen molar-refractivity contribution < 1.29 is 4.79 Å². The van der Waals surface area contributed by atoms with Gasteiger partial charge in [0, 0.05) is 43.3 Å². The third kappa shape index (κ3) is 2.72. The largest absolute Gasteiger partial charge is 0.334 e. The van der Waals surface area contributed by atoms with Crippen molar-refractivity contribution in [2.45, 2.75) is 6.04 Å². The second-order valence-electron chi connectivity index (χ2n) is 5.70. The highest BCUT2D eigenvalue weighted by atomic mass is 32.1. The van der Waals surface area contributed by atoms with E-state index in [2.05, 4.69) is 22.4 Å². The molecule has 1 aliphatic rings. The molecule has 3 heterocycles. The number of hydrogen-bond donors (Lipinski definition) is 1. The summed E-state index contributed by atoms with van der Waals surface area (Å²) in [7, 11) is 0. The van der Waals surface area contributed by atoms with E-state index in [1.54, 1.807) is 15.5 Å². The van der Waals surface area contributed by atoms with Gasteiger partial charge in [-0.3, -0.25) is 14.0 Å². The van der Waals surface area contributed by atoms with Gasteiger partial charge in [-0.25, -0.2) is 0 Å². The summed E-state index contributed by atoms with van der Waals surface area (Å²) < 4.78 is 1.69. The minimum Gasteiger partial charge on any atom is -0.334 e. The molecular formula is C17H16N4O2S. The Morgan fingerprint density at radius 2 is 2.12 bits per heavy atom. The number of carbonyl (C=O) groups excluding carboxylic acids is 1. The van der Waals surface area contributed by atoms with Crippen LogP contribution >= 0.6 is 11.3 Å². The van der Waals surface area contributed by atoms with Crippen molar-refractivity contribution in [3.63, 3.8) is 0 Å². The standard InChI is InChI=1S/C17H16N4O2S/c22-15-10-14(21-8-9-24-17(21)19-15)16(23)20-7-6-18-13(11-20)12-4-2-1-3-5-12/h1-5,8-10,13,18H,6-7,11H2/t13-/m1/s1. The van der Waals surface area contributed by atoms with Gasteiger partial charge in [-0.15, -0.1) is 11.3 Å². The Morgan fingerprint density at radius 1 is 1.29 bits per heavy atom. The minimum absolute atomic E-state index is 0.0976. The van der Waals surface area contributed by atoms with Crippen molar-refractivity contribution in [3.05, 3.63) is 69.6 Å². The second kappa shape index (κ2) is 6.18. The third-order valence-electron chi connectivity index (χ3n) is 4.20. The van der Waals surface area contributed by atoms with Crippen molar-refractivity contribution in [2.24, 2.45) is 0 Å². The number of thiazole rings is 1. The van der Waals surface area contributed by atoms with Gasteiger partial charge >= 0.3 is 0 Å². The maximum Gasteiger partial charge on any atom is 0.274 e. The Bertz CT molecular complexity index is 934. The minimum atomic E-state index is -0.379. The van der Waals surface area contributed by atoms with E-state index in [0.717, 1.165) is 12.1 Å². The molecule has 2 aromatic heterocycles.